The fourth-order valence-corrected chi connectivity index (χ4v) is 2.41. The molecule has 3 N–H and O–H groups in total. The van der Waals surface area contributed by atoms with E-state index in [2.05, 4.69) is 0 Å². The molecule has 6 heteroatoms. The molecule has 1 rings (SSSR count). The van der Waals surface area contributed by atoms with E-state index in [1.807, 2.05) is 0 Å². The molecule has 2 atom stereocenters. The third kappa shape index (κ3) is 7.52. The highest BCUT2D eigenvalue weighted by atomic mass is 19.2. The highest BCUT2D eigenvalue weighted by Gasteiger charge is 2.19. The molecule has 0 aliphatic heterocycles. The van der Waals surface area contributed by atoms with E-state index in [1.54, 1.807) is 0 Å². The summed E-state index contributed by atoms with van der Waals surface area (Å²) in [6, 6.07) is 3.08. The van der Waals surface area contributed by atoms with E-state index >= 15 is 0 Å². The molecule has 0 spiro atoms. The molecule has 0 bridgehead atoms. The van der Waals surface area contributed by atoms with Gasteiger partial charge in [-0.1, -0.05) is 38.2 Å². The summed E-state index contributed by atoms with van der Waals surface area (Å²) in [6.45, 7) is 0. The molecule has 0 aromatic heterocycles. The molecule has 0 aliphatic carbocycles. The van der Waals surface area contributed by atoms with Crippen LogP contribution in [0.5, 0.6) is 0 Å². The number of carbonyl (C=O) groups is 1. The highest BCUT2D eigenvalue weighted by molar-refractivity contribution is 5.66. The second-order valence-corrected chi connectivity index (χ2v) is 5.74. The Morgan fingerprint density at radius 2 is 1.57 bits per heavy atom. The van der Waals surface area contributed by atoms with Crippen LogP contribution < -0.4 is 0 Å². The smallest absolute Gasteiger partial charge is 0.303 e. The number of carboxylic acid groups (broad SMARTS) is 1. The van der Waals surface area contributed by atoms with Crippen LogP contribution in [0.15, 0.2) is 18.2 Å². The summed E-state index contributed by atoms with van der Waals surface area (Å²) >= 11 is 0. The van der Waals surface area contributed by atoms with Gasteiger partial charge in [0.05, 0.1) is 6.10 Å². The topological polar surface area (TPSA) is 77.8 Å². The quantitative estimate of drug-likeness (QED) is 0.542. The molecular formula is C17H24F2O4. The monoisotopic (exact) mass is 330 g/mol. The molecule has 23 heavy (non-hydrogen) atoms. The van der Waals surface area contributed by atoms with E-state index in [1.165, 1.54) is 6.07 Å². The van der Waals surface area contributed by atoms with Crippen molar-refractivity contribution in [3.8, 4) is 0 Å². The minimum atomic E-state index is -1.24. The van der Waals surface area contributed by atoms with Crippen LogP contribution in [0.4, 0.5) is 8.78 Å². The standard InChI is InChI=1S/C17H24F2O4/c18-13-10-9-12(11-14(13)19)17(23)15(20)7-5-3-1-2-4-6-8-16(21)22/h9-11,15,17,20,23H,1-8H2,(H,21,22)/t15-,17+/m1/s1. The van der Waals surface area contributed by atoms with Crippen LogP contribution >= 0.6 is 0 Å². The van der Waals surface area contributed by atoms with Gasteiger partial charge in [0.1, 0.15) is 6.10 Å². The summed E-state index contributed by atoms with van der Waals surface area (Å²) in [4.78, 5) is 10.3. The predicted molar refractivity (Wildman–Crippen MR) is 81.9 cm³/mol. The molecule has 0 radical (unpaired) electrons. The van der Waals surface area contributed by atoms with Gasteiger partial charge in [-0.05, 0) is 30.5 Å². The molecule has 0 amide bonds. The van der Waals surface area contributed by atoms with Gasteiger partial charge in [0, 0.05) is 6.42 Å². The van der Waals surface area contributed by atoms with Gasteiger partial charge in [-0.25, -0.2) is 8.78 Å². The molecule has 4 nitrogen and oxygen atoms in total. The third-order valence-electron chi connectivity index (χ3n) is 3.79. The van der Waals surface area contributed by atoms with Crippen LogP contribution in [-0.2, 0) is 4.79 Å². The zero-order valence-electron chi connectivity index (χ0n) is 13.0. The SMILES string of the molecule is O=C(O)CCCCCCCC[C@@H](O)[C@@H](O)c1ccc(F)c(F)c1. The summed E-state index contributed by atoms with van der Waals surface area (Å²) < 4.78 is 25.9. The third-order valence-corrected chi connectivity index (χ3v) is 3.79. The Balaban J connectivity index is 2.19. The van der Waals surface area contributed by atoms with Crippen LogP contribution in [0.25, 0.3) is 0 Å². The second kappa shape index (κ2) is 10.3. The first-order valence-corrected chi connectivity index (χ1v) is 7.94. The maximum atomic E-state index is 13.1. The van der Waals surface area contributed by atoms with E-state index in [0.717, 1.165) is 37.8 Å². The van der Waals surface area contributed by atoms with E-state index in [-0.39, 0.29) is 12.0 Å². The number of aliphatic carboxylic acids is 1. The Morgan fingerprint density at radius 1 is 0.957 bits per heavy atom. The summed E-state index contributed by atoms with van der Waals surface area (Å²) in [5, 5.41) is 28.3. The van der Waals surface area contributed by atoms with Gasteiger partial charge in [0.2, 0.25) is 0 Å². The number of halogens is 2. The summed E-state index contributed by atoms with van der Waals surface area (Å²) in [6.07, 6.45) is 3.30. The maximum absolute atomic E-state index is 13.1. The van der Waals surface area contributed by atoms with Crippen molar-refractivity contribution in [2.45, 2.75) is 63.6 Å². The van der Waals surface area contributed by atoms with Crippen molar-refractivity contribution in [3.05, 3.63) is 35.4 Å². The molecule has 0 heterocycles. The van der Waals surface area contributed by atoms with Crippen molar-refractivity contribution in [1.29, 1.82) is 0 Å². The van der Waals surface area contributed by atoms with Crippen molar-refractivity contribution < 1.29 is 28.9 Å². The lowest BCUT2D eigenvalue weighted by Crippen LogP contribution is -2.18. The Kier molecular flexibility index (Phi) is 8.73. The fourth-order valence-electron chi connectivity index (χ4n) is 2.41. The highest BCUT2D eigenvalue weighted by Crippen LogP contribution is 2.22. The first kappa shape index (κ1) is 19.5. The zero-order chi connectivity index (χ0) is 17.2. The van der Waals surface area contributed by atoms with Gasteiger partial charge >= 0.3 is 5.97 Å². The first-order chi connectivity index (χ1) is 10.9. The molecule has 1 aromatic rings. The van der Waals surface area contributed by atoms with Gasteiger partial charge in [0.25, 0.3) is 0 Å². The summed E-state index contributed by atoms with van der Waals surface area (Å²) in [5.41, 5.74) is 0.157. The van der Waals surface area contributed by atoms with E-state index < -0.39 is 29.8 Å². The maximum Gasteiger partial charge on any atom is 0.303 e. The van der Waals surface area contributed by atoms with E-state index in [0.29, 0.717) is 19.3 Å². The average molecular weight is 330 g/mol. The number of carboxylic acids is 1. The number of unbranched alkanes of at least 4 members (excludes halogenated alkanes) is 5. The van der Waals surface area contributed by atoms with Crippen molar-refractivity contribution >= 4 is 5.97 Å². The zero-order valence-corrected chi connectivity index (χ0v) is 13.0. The lowest BCUT2D eigenvalue weighted by Gasteiger charge is -2.18. The molecule has 0 saturated heterocycles. The summed E-state index contributed by atoms with van der Waals surface area (Å²) in [5.74, 6) is -2.81. The fraction of sp³-hybridized carbons (Fsp3) is 0.588. The van der Waals surface area contributed by atoms with Crippen molar-refractivity contribution in [3.63, 3.8) is 0 Å². The Labute approximate surface area is 134 Å². The predicted octanol–water partition coefficient (Wildman–Crippen LogP) is 3.56. The number of rotatable bonds is 11. The van der Waals surface area contributed by atoms with Gasteiger partial charge in [-0.3, -0.25) is 4.79 Å². The lowest BCUT2D eigenvalue weighted by molar-refractivity contribution is -0.137. The van der Waals surface area contributed by atoms with Crippen LogP contribution in [0.1, 0.15) is 63.0 Å². The van der Waals surface area contributed by atoms with Crippen LogP contribution in [-0.4, -0.2) is 27.4 Å². The normalized spacial score (nSPS) is 13.7. The van der Waals surface area contributed by atoms with Crippen molar-refractivity contribution in [1.82, 2.24) is 0 Å². The minimum absolute atomic E-state index is 0.157. The lowest BCUT2D eigenvalue weighted by atomic mass is 9.99. The van der Waals surface area contributed by atoms with Crippen LogP contribution in [0, 0.1) is 11.6 Å². The molecule has 0 saturated carbocycles. The number of aliphatic hydroxyl groups is 2. The molecule has 1 aromatic carbocycles. The summed E-state index contributed by atoms with van der Waals surface area (Å²) in [7, 11) is 0. The molecule has 0 fully saturated rings. The van der Waals surface area contributed by atoms with Crippen molar-refractivity contribution in [2.24, 2.45) is 0 Å². The minimum Gasteiger partial charge on any atom is -0.481 e. The van der Waals surface area contributed by atoms with Gasteiger partial charge < -0.3 is 15.3 Å². The molecular weight excluding hydrogens is 306 g/mol. The van der Waals surface area contributed by atoms with Gasteiger partial charge in [-0.15, -0.1) is 0 Å². The number of hydrogen-bond donors (Lipinski definition) is 3. The Bertz CT molecular complexity index is 493. The molecule has 130 valence electrons. The average Bonchev–Trinajstić information content (AvgIpc) is 2.51. The molecule has 0 unspecified atom stereocenters. The van der Waals surface area contributed by atoms with Gasteiger partial charge in [-0.2, -0.15) is 0 Å². The molecule has 0 aliphatic rings. The largest absolute Gasteiger partial charge is 0.481 e. The van der Waals surface area contributed by atoms with Gasteiger partial charge in [0.15, 0.2) is 11.6 Å². The number of aliphatic hydroxyl groups excluding tert-OH is 2. The van der Waals surface area contributed by atoms with Crippen LogP contribution in [0.3, 0.4) is 0 Å². The van der Waals surface area contributed by atoms with Crippen LogP contribution in [0.2, 0.25) is 0 Å². The Hall–Kier alpha value is -1.53. The van der Waals surface area contributed by atoms with E-state index in [9.17, 15) is 23.8 Å². The first-order valence-electron chi connectivity index (χ1n) is 7.94. The number of hydrogen-bond acceptors (Lipinski definition) is 3. The second-order valence-electron chi connectivity index (χ2n) is 5.74. The number of benzene rings is 1. The van der Waals surface area contributed by atoms with Crippen molar-refractivity contribution in [2.75, 3.05) is 0 Å². The Morgan fingerprint density at radius 3 is 2.17 bits per heavy atom. The van der Waals surface area contributed by atoms with E-state index in [4.69, 9.17) is 5.11 Å².